The van der Waals surface area contributed by atoms with Crippen molar-refractivity contribution in [2.24, 2.45) is 0 Å². The first-order valence-corrected chi connectivity index (χ1v) is 6.90. The molecule has 0 aromatic heterocycles. The van der Waals surface area contributed by atoms with E-state index in [0.29, 0.717) is 6.61 Å². The van der Waals surface area contributed by atoms with Gasteiger partial charge in [0.25, 0.3) is 0 Å². The molecular weight excluding hydrogens is 207 g/mol. The zero-order valence-corrected chi connectivity index (χ0v) is 9.86. The van der Waals surface area contributed by atoms with Gasteiger partial charge in [0.1, 0.15) is 0 Å². The highest BCUT2D eigenvalue weighted by molar-refractivity contribution is 8.03. The summed E-state index contributed by atoms with van der Waals surface area (Å²) in [6.07, 6.45) is -0.0542. The van der Waals surface area contributed by atoms with E-state index >= 15 is 0 Å². The van der Waals surface area contributed by atoms with E-state index < -0.39 is 7.60 Å². The van der Waals surface area contributed by atoms with Gasteiger partial charge in [0.2, 0.25) is 0 Å². The minimum atomic E-state index is -2.89. The van der Waals surface area contributed by atoms with Gasteiger partial charge in [-0.1, -0.05) is 6.92 Å². The zero-order chi connectivity index (χ0) is 9.90. The number of hydrogen-bond donors (Lipinski definition) is 0. The molecule has 76 valence electrons. The van der Waals surface area contributed by atoms with Crippen LogP contribution in [0.15, 0.2) is 10.7 Å². The van der Waals surface area contributed by atoms with Crippen LogP contribution in [-0.4, -0.2) is 18.5 Å². The summed E-state index contributed by atoms with van der Waals surface area (Å²) in [4.78, 5) is 1.000. The molecule has 0 aromatic rings. The lowest BCUT2D eigenvalue weighted by atomic mass is 10.5. The maximum absolute atomic E-state index is 11.8. The van der Waals surface area contributed by atoms with Gasteiger partial charge >= 0.3 is 7.60 Å². The summed E-state index contributed by atoms with van der Waals surface area (Å²) >= 11 is 1.65. The molecule has 0 bridgehead atoms. The molecule has 0 amide bonds. The average Bonchev–Trinajstić information content (AvgIpc) is 2.30. The summed E-state index contributed by atoms with van der Waals surface area (Å²) < 4.78 is 22.1. The molecule has 13 heavy (non-hydrogen) atoms. The van der Waals surface area contributed by atoms with Crippen molar-refractivity contribution in [3.63, 3.8) is 0 Å². The summed E-state index contributed by atoms with van der Waals surface area (Å²) in [5.41, 5.74) is 0. The van der Waals surface area contributed by atoms with Crippen molar-refractivity contribution in [1.82, 2.24) is 0 Å². The normalized spacial score (nSPS) is 35.3. The molecule has 0 aliphatic carbocycles. The molecule has 1 saturated heterocycles. The summed E-state index contributed by atoms with van der Waals surface area (Å²) in [7, 11) is -2.89. The first kappa shape index (κ1) is 11.3. The lowest BCUT2D eigenvalue weighted by Crippen LogP contribution is -1.99. The summed E-state index contributed by atoms with van der Waals surface area (Å²) in [5, 5.41) is 0. The maximum Gasteiger partial charge on any atom is 0.355 e. The third-order valence-corrected chi connectivity index (χ3v) is 4.43. The van der Waals surface area contributed by atoms with Crippen molar-refractivity contribution >= 4 is 19.4 Å². The number of allylic oxidation sites excluding steroid dienone is 1. The Labute approximate surface area is 83.4 Å². The number of thioether (sulfide) groups is 1. The molecular formula is C8H15O3PS. The SMILES string of the molecule is CCSC(C)=CP1(=O)OCC(C)O1. The highest BCUT2D eigenvalue weighted by atomic mass is 32.2. The molecule has 5 heteroatoms. The van der Waals surface area contributed by atoms with Crippen LogP contribution in [0, 0.1) is 0 Å². The van der Waals surface area contributed by atoms with Crippen molar-refractivity contribution in [3.8, 4) is 0 Å². The maximum atomic E-state index is 11.8. The average molecular weight is 222 g/mol. The molecule has 0 aromatic carbocycles. The third-order valence-electron chi connectivity index (χ3n) is 1.53. The fraction of sp³-hybridized carbons (Fsp3) is 0.750. The predicted octanol–water partition coefficient (Wildman–Crippen LogP) is 3.23. The highest BCUT2D eigenvalue weighted by Crippen LogP contribution is 2.56. The van der Waals surface area contributed by atoms with Crippen molar-refractivity contribution in [1.29, 1.82) is 0 Å². The lowest BCUT2D eigenvalue weighted by Gasteiger charge is -2.06. The summed E-state index contributed by atoms with van der Waals surface area (Å²) in [5.74, 6) is 2.59. The van der Waals surface area contributed by atoms with Gasteiger partial charge in [0.15, 0.2) is 0 Å². The van der Waals surface area contributed by atoms with Crippen LogP contribution in [0.25, 0.3) is 0 Å². The van der Waals surface area contributed by atoms with E-state index in [1.807, 2.05) is 13.8 Å². The quantitative estimate of drug-likeness (QED) is 0.687. The molecule has 0 N–H and O–H groups in total. The Bertz CT molecular complexity index is 252. The van der Waals surface area contributed by atoms with Crippen LogP contribution in [0.2, 0.25) is 0 Å². The van der Waals surface area contributed by atoms with Crippen molar-refractivity contribution in [3.05, 3.63) is 10.7 Å². The van der Waals surface area contributed by atoms with Gasteiger partial charge in [-0.3, -0.25) is 4.57 Å². The van der Waals surface area contributed by atoms with Crippen LogP contribution < -0.4 is 0 Å². The molecule has 3 nitrogen and oxygen atoms in total. The van der Waals surface area contributed by atoms with Crippen molar-refractivity contribution in [2.75, 3.05) is 12.4 Å². The van der Waals surface area contributed by atoms with Crippen molar-refractivity contribution in [2.45, 2.75) is 26.9 Å². The van der Waals surface area contributed by atoms with Gasteiger partial charge in [-0.2, -0.15) is 0 Å². The largest absolute Gasteiger partial charge is 0.355 e. The van der Waals surface area contributed by atoms with Gasteiger partial charge in [0.05, 0.1) is 12.7 Å². The molecule has 1 aliphatic heterocycles. The summed E-state index contributed by atoms with van der Waals surface area (Å²) in [6.45, 7) is 6.26. The molecule has 0 saturated carbocycles. The Morgan fingerprint density at radius 1 is 1.77 bits per heavy atom. The zero-order valence-electron chi connectivity index (χ0n) is 8.15. The third kappa shape index (κ3) is 3.47. The molecule has 1 rings (SSSR count). The van der Waals surface area contributed by atoms with Gasteiger partial charge < -0.3 is 9.05 Å². The first-order chi connectivity index (χ1) is 6.06. The van der Waals surface area contributed by atoms with E-state index in [2.05, 4.69) is 6.92 Å². The van der Waals surface area contributed by atoms with Gasteiger partial charge in [-0.25, -0.2) is 0 Å². The van der Waals surface area contributed by atoms with Crippen LogP contribution in [0.3, 0.4) is 0 Å². The fourth-order valence-electron chi connectivity index (χ4n) is 1.08. The standard InChI is InChI=1S/C8H15O3PS/c1-4-13-8(3)6-12(9)10-5-7(2)11-12/h6-7H,4-5H2,1-3H3. The van der Waals surface area contributed by atoms with E-state index in [-0.39, 0.29) is 6.10 Å². The fourth-order valence-corrected chi connectivity index (χ4v) is 3.84. The second kappa shape index (κ2) is 4.65. The number of hydrogen-bond acceptors (Lipinski definition) is 4. The first-order valence-electron chi connectivity index (χ1n) is 4.30. The Balaban J connectivity index is 2.61. The van der Waals surface area contributed by atoms with E-state index in [1.165, 1.54) is 0 Å². The molecule has 1 fully saturated rings. The molecule has 2 unspecified atom stereocenters. The van der Waals surface area contributed by atoms with Gasteiger partial charge in [-0.05, 0) is 24.5 Å². The topological polar surface area (TPSA) is 35.5 Å². The van der Waals surface area contributed by atoms with Crippen LogP contribution in [0.4, 0.5) is 0 Å². The van der Waals surface area contributed by atoms with E-state index in [4.69, 9.17) is 9.05 Å². The molecule has 1 aliphatic rings. The van der Waals surface area contributed by atoms with Crippen LogP contribution in [0.1, 0.15) is 20.8 Å². The Morgan fingerprint density at radius 2 is 2.46 bits per heavy atom. The Kier molecular flexibility index (Phi) is 4.05. The van der Waals surface area contributed by atoms with E-state index in [0.717, 1.165) is 10.7 Å². The van der Waals surface area contributed by atoms with Crippen LogP contribution in [-0.2, 0) is 13.6 Å². The predicted molar refractivity (Wildman–Crippen MR) is 56.0 cm³/mol. The van der Waals surface area contributed by atoms with Crippen LogP contribution >= 0.6 is 19.4 Å². The van der Waals surface area contributed by atoms with E-state index in [9.17, 15) is 4.57 Å². The second-order valence-corrected chi connectivity index (χ2v) is 6.24. The minimum Gasteiger partial charge on any atom is -0.303 e. The molecule has 0 radical (unpaired) electrons. The number of rotatable bonds is 3. The minimum absolute atomic E-state index is 0.0542. The molecule has 2 atom stereocenters. The summed E-state index contributed by atoms with van der Waals surface area (Å²) in [6, 6.07) is 0. The second-order valence-electron chi connectivity index (χ2n) is 2.92. The molecule has 1 heterocycles. The van der Waals surface area contributed by atoms with E-state index in [1.54, 1.807) is 17.6 Å². The van der Waals surface area contributed by atoms with Crippen LogP contribution in [0.5, 0.6) is 0 Å². The van der Waals surface area contributed by atoms with Gasteiger partial charge in [-0.15, -0.1) is 11.8 Å². The Hall–Kier alpha value is 0.240. The van der Waals surface area contributed by atoms with Crippen molar-refractivity contribution < 1.29 is 13.6 Å². The smallest absolute Gasteiger partial charge is 0.303 e. The van der Waals surface area contributed by atoms with Gasteiger partial charge in [0, 0.05) is 5.82 Å². The Morgan fingerprint density at radius 3 is 2.92 bits per heavy atom. The lowest BCUT2D eigenvalue weighted by molar-refractivity contribution is 0.258. The highest BCUT2D eigenvalue weighted by Gasteiger charge is 2.32. The monoisotopic (exact) mass is 222 g/mol. The molecule has 0 spiro atoms.